The topological polar surface area (TPSA) is 82.0 Å². The molecule has 2 aliphatic heterocycles. The molecule has 0 saturated carbocycles. The highest BCUT2D eigenvalue weighted by molar-refractivity contribution is 7.24. The fourth-order valence-electron chi connectivity index (χ4n) is 6.24. The van der Waals surface area contributed by atoms with E-state index in [4.69, 9.17) is 11.6 Å². The number of anilines is 1. The number of fused-ring (bicyclic) bond motifs is 5. The SMILES string of the molecule is CN1CCCC1CCNC(=O)c1c(=O)c2cc(F)c(NCCC3CCCN3C)nc2n2c1sc1ccc(Cl)cc12. The number of aromatic nitrogens is 2. The van der Waals surface area contributed by atoms with E-state index in [0.717, 1.165) is 55.4 Å². The number of carbonyl (C=O) groups excluding carboxylic acids is 1. The van der Waals surface area contributed by atoms with Crippen molar-refractivity contribution in [2.45, 2.75) is 50.6 Å². The first-order valence-corrected chi connectivity index (χ1v) is 15.2. The summed E-state index contributed by atoms with van der Waals surface area (Å²) in [7, 11) is 4.21. The van der Waals surface area contributed by atoms with Crippen LogP contribution in [0.4, 0.5) is 10.2 Å². The molecule has 40 heavy (non-hydrogen) atoms. The highest BCUT2D eigenvalue weighted by Gasteiger charge is 2.26. The molecule has 0 aliphatic carbocycles. The fraction of sp³-hybridized carbons (Fsp3) is 0.483. The number of carbonyl (C=O) groups is 1. The summed E-state index contributed by atoms with van der Waals surface area (Å²) in [5, 5.41) is 6.69. The van der Waals surface area contributed by atoms with Gasteiger partial charge in [0.05, 0.1) is 15.6 Å². The van der Waals surface area contributed by atoms with Gasteiger partial charge >= 0.3 is 0 Å². The zero-order valence-corrected chi connectivity index (χ0v) is 24.4. The minimum atomic E-state index is -0.613. The summed E-state index contributed by atoms with van der Waals surface area (Å²) in [6.45, 7) is 3.16. The van der Waals surface area contributed by atoms with Crippen LogP contribution in [0, 0.1) is 5.82 Å². The molecule has 1 amide bonds. The van der Waals surface area contributed by atoms with Gasteiger partial charge in [-0.1, -0.05) is 11.6 Å². The highest BCUT2D eigenvalue weighted by atomic mass is 35.5. The number of hydrogen-bond donors (Lipinski definition) is 2. The van der Waals surface area contributed by atoms with Gasteiger partial charge in [0, 0.05) is 30.2 Å². The fourth-order valence-corrected chi connectivity index (χ4v) is 7.57. The Kier molecular flexibility index (Phi) is 7.69. The average molecular weight is 585 g/mol. The van der Waals surface area contributed by atoms with Gasteiger partial charge < -0.3 is 20.4 Å². The van der Waals surface area contributed by atoms with Gasteiger partial charge in [-0.15, -0.1) is 11.3 Å². The molecule has 1 aromatic carbocycles. The first kappa shape index (κ1) is 27.4. The number of amides is 1. The van der Waals surface area contributed by atoms with Gasteiger partial charge in [-0.3, -0.25) is 14.0 Å². The summed E-state index contributed by atoms with van der Waals surface area (Å²) < 4.78 is 17.9. The largest absolute Gasteiger partial charge is 0.368 e. The summed E-state index contributed by atoms with van der Waals surface area (Å²) in [5.41, 5.74) is 0.515. The monoisotopic (exact) mass is 584 g/mol. The third-order valence-corrected chi connectivity index (χ3v) is 9.91. The molecule has 11 heteroatoms. The lowest BCUT2D eigenvalue weighted by atomic mass is 10.1. The first-order valence-electron chi connectivity index (χ1n) is 14.0. The van der Waals surface area contributed by atoms with Gasteiger partial charge in [-0.2, -0.15) is 0 Å². The van der Waals surface area contributed by atoms with E-state index in [-0.39, 0.29) is 16.8 Å². The predicted molar refractivity (Wildman–Crippen MR) is 161 cm³/mol. The molecule has 2 unspecified atom stereocenters. The molecule has 6 rings (SSSR count). The van der Waals surface area contributed by atoms with Crippen LogP contribution in [0.15, 0.2) is 29.1 Å². The molecule has 212 valence electrons. The van der Waals surface area contributed by atoms with E-state index in [1.807, 2.05) is 6.07 Å². The number of thiazole rings is 1. The van der Waals surface area contributed by atoms with Gasteiger partial charge in [0.15, 0.2) is 17.3 Å². The minimum Gasteiger partial charge on any atom is -0.368 e. The van der Waals surface area contributed by atoms with Gasteiger partial charge in [0.25, 0.3) is 5.91 Å². The zero-order valence-electron chi connectivity index (χ0n) is 22.8. The van der Waals surface area contributed by atoms with E-state index in [9.17, 15) is 9.59 Å². The average Bonchev–Trinajstić information content (AvgIpc) is 3.63. The smallest absolute Gasteiger partial charge is 0.258 e. The van der Waals surface area contributed by atoms with Gasteiger partial charge in [0.2, 0.25) is 5.43 Å². The van der Waals surface area contributed by atoms with Gasteiger partial charge in [-0.05, 0) is 90.0 Å². The van der Waals surface area contributed by atoms with E-state index in [1.54, 1.807) is 16.5 Å². The van der Waals surface area contributed by atoms with Crippen molar-refractivity contribution < 1.29 is 9.18 Å². The predicted octanol–water partition coefficient (Wildman–Crippen LogP) is 4.97. The molecule has 2 atom stereocenters. The van der Waals surface area contributed by atoms with Crippen LogP contribution >= 0.6 is 22.9 Å². The second-order valence-electron chi connectivity index (χ2n) is 11.1. The molecule has 2 N–H and O–H groups in total. The Morgan fingerprint density at radius 1 is 1.10 bits per heavy atom. The highest BCUT2D eigenvalue weighted by Crippen LogP contribution is 2.33. The van der Waals surface area contributed by atoms with Crippen molar-refractivity contribution in [1.29, 1.82) is 0 Å². The quantitative estimate of drug-likeness (QED) is 0.304. The van der Waals surface area contributed by atoms with Crippen LogP contribution in [-0.2, 0) is 0 Å². The van der Waals surface area contributed by atoms with Crippen molar-refractivity contribution in [2.24, 2.45) is 0 Å². The lowest BCUT2D eigenvalue weighted by molar-refractivity contribution is 0.0951. The van der Waals surface area contributed by atoms with E-state index >= 15 is 4.39 Å². The van der Waals surface area contributed by atoms with Crippen molar-refractivity contribution in [3.63, 3.8) is 0 Å². The maximum Gasteiger partial charge on any atom is 0.258 e. The molecule has 5 heterocycles. The molecule has 2 aliphatic rings. The molecule has 2 fully saturated rings. The summed E-state index contributed by atoms with van der Waals surface area (Å²) in [6.07, 6.45) is 6.24. The number of likely N-dealkylation sites (tertiary alicyclic amines) is 2. The number of nitrogens with zero attached hydrogens (tertiary/aromatic N) is 4. The van der Waals surface area contributed by atoms with Gasteiger partial charge in [-0.25, -0.2) is 9.37 Å². The molecule has 0 bridgehead atoms. The number of nitrogens with one attached hydrogen (secondary N) is 2. The molecule has 4 aromatic rings. The Balaban J connectivity index is 1.39. The molecular formula is C29H34ClFN6O2S. The standard InChI is InChI=1S/C29H34ClFN6O2S/c1-35-13-3-5-18(35)9-11-32-26-21(31)16-20-25(38)24(28(39)33-12-10-19-6-4-14-36(19)2)29-37(27(20)34-26)22-15-17(30)7-8-23(22)40-29/h7-8,15-16,18-19H,3-6,9-14H2,1-2H3,(H,32,34)(H,33,39). The number of hydrogen-bond acceptors (Lipinski definition) is 7. The van der Waals surface area contributed by atoms with Crippen LogP contribution in [0.2, 0.25) is 5.02 Å². The van der Waals surface area contributed by atoms with Crippen LogP contribution in [0.3, 0.4) is 0 Å². The second kappa shape index (κ2) is 11.2. The first-order chi connectivity index (χ1) is 19.3. The Morgan fingerprint density at radius 3 is 2.48 bits per heavy atom. The number of pyridine rings is 2. The minimum absolute atomic E-state index is 0.00998. The molecule has 8 nitrogen and oxygen atoms in total. The summed E-state index contributed by atoms with van der Waals surface area (Å²) >= 11 is 7.69. The Bertz CT molecular complexity index is 1660. The van der Waals surface area contributed by atoms with Crippen molar-refractivity contribution in [3.05, 3.63) is 50.9 Å². The zero-order chi connectivity index (χ0) is 28.0. The van der Waals surface area contributed by atoms with Crippen LogP contribution in [0.5, 0.6) is 0 Å². The van der Waals surface area contributed by atoms with Crippen LogP contribution < -0.4 is 16.1 Å². The third kappa shape index (κ3) is 5.06. The lowest BCUT2D eigenvalue weighted by Crippen LogP contribution is -2.34. The number of rotatable bonds is 8. The van der Waals surface area contributed by atoms with E-state index in [0.29, 0.717) is 40.7 Å². The van der Waals surface area contributed by atoms with Gasteiger partial charge in [0.1, 0.15) is 10.4 Å². The number of halogens is 2. The molecular weight excluding hydrogens is 551 g/mol. The lowest BCUT2D eigenvalue weighted by Gasteiger charge is -2.19. The van der Waals surface area contributed by atoms with Crippen molar-refractivity contribution in [1.82, 2.24) is 24.5 Å². The third-order valence-electron chi connectivity index (χ3n) is 8.53. The summed E-state index contributed by atoms with van der Waals surface area (Å²) in [5.74, 6) is -0.968. The summed E-state index contributed by atoms with van der Waals surface area (Å²) in [6, 6.07) is 7.52. The van der Waals surface area contributed by atoms with E-state index in [2.05, 4.69) is 39.5 Å². The molecule has 0 spiro atoms. The Hall–Kier alpha value is -2.79. The van der Waals surface area contributed by atoms with Crippen LogP contribution in [0.1, 0.15) is 48.9 Å². The van der Waals surface area contributed by atoms with E-state index in [1.165, 1.54) is 23.8 Å². The Morgan fingerprint density at radius 2 is 1.80 bits per heavy atom. The Labute approximate surface area is 241 Å². The maximum atomic E-state index is 15.3. The normalized spacial score (nSPS) is 20.3. The molecule has 3 aromatic heterocycles. The summed E-state index contributed by atoms with van der Waals surface area (Å²) in [4.78, 5) is 36.9. The maximum absolute atomic E-state index is 15.3. The van der Waals surface area contributed by atoms with Crippen molar-refractivity contribution in [3.8, 4) is 0 Å². The van der Waals surface area contributed by atoms with Crippen LogP contribution in [0.25, 0.3) is 26.1 Å². The second-order valence-corrected chi connectivity index (χ2v) is 12.5. The van der Waals surface area contributed by atoms with Crippen molar-refractivity contribution in [2.75, 3.05) is 45.6 Å². The number of benzene rings is 1. The molecule has 0 radical (unpaired) electrons. The van der Waals surface area contributed by atoms with E-state index < -0.39 is 17.2 Å². The molecule has 2 saturated heterocycles. The van der Waals surface area contributed by atoms with Crippen molar-refractivity contribution >= 4 is 60.7 Å². The van der Waals surface area contributed by atoms with Crippen LogP contribution in [-0.4, -0.2) is 77.4 Å².